The molecule has 13 heavy (non-hydrogen) atoms. The van der Waals surface area contributed by atoms with E-state index in [1.807, 2.05) is 6.92 Å². The molecule has 0 aromatic carbocycles. The summed E-state index contributed by atoms with van der Waals surface area (Å²) < 4.78 is 6.63. The topological polar surface area (TPSA) is 57.2 Å². The van der Waals surface area contributed by atoms with Crippen LogP contribution in [0.5, 0.6) is 0 Å². The number of ether oxygens (including phenoxy) is 1. The van der Waals surface area contributed by atoms with E-state index in [2.05, 4.69) is 0 Å². The molecule has 1 aromatic heterocycles. The third kappa shape index (κ3) is 2.40. The van der Waals surface area contributed by atoms with Crippen LogP contribution in [-0.4, -0.2) is 11.2 Å². The summed E-state index contributed by atoms with van der Waals surface area (Å²) in [5.74, 6) is 0. The molecule has 1 aromatic rings. The summed E-state index contributed by atoms with van der Waals surface area (Å²) in [6.07, 6.45) is 1.69. The number of rotatable bonds is 4. The van der Waals surface area contributed by atoms with Gasteiger partial charge < -0.3 is 10.5 Å². The highest BCUT2D eigenvalue weighted by molar-refractivity contribution is 5.09. The third-order valence-corrected chi connectivity index (χ3v) is 1.75. The minimum atomic E-state index is -0.0709. The molecule has 0 spiro atoms. The Morgan fingerprint density at radius 1 is 1.62 bits per heavy atom. The van der Waals surface area contributed by atoms with Crippen molar-refractivity contribution in [2.45, 2.75) is 20.2 Å². The second-order valence-electron chi connectivity index (χ2n) is 2.63. The van der Waals surface area contributed by atoms with Gasteiger partial charge in [-0.1, -0.05) is 6.07 Å². The SMILES string of the molecule is CCOCn1cccc(CN)c1=O. The van der Waals surface area contributed by atoms with Gasteiger partial charge in [0.2, 0.25) is 0 Å². The van der Waals surface area contributed by atoms with Crippen molar-refractivity contribution in [2.24, 2.45) is 5.73 Å². The zero-order chi connectivity index (χ0) is 9.68. The van der Waals surface area contributed by atoms with Crippen molar-refractivity contribution < 1.29 is 4.74 Å². The summed E-state index contributed by atoms with van der Waals surface area (Å²) in [4.78, 5) is 11.5. The van der Waals surface area contributed by atoms with Crippen molar-refractivity contribution in [1.82, 2.24) is 4.57 Å². The van der Waals surface area contributed by atoms with Crippen LogP contribution in [0.15, 0.2) is 23.1 Å². The lowest BCUT2D eigenvalue weighted by molar-refractivity contribution is 0.0852. The van der Waals surface area contributed by atoms with Crippen LogP contribution in [0.1, 0.15) is 12.5 Å². The highest BCUT2D eigenvalue weighted by Gasteiger charge is 1.99. The van der Waals surface area contributed by atoms with Crippen LogP contribution < -0.4 is 11.3 Å². The molecule has 0 aliphatic rings. The Bertz CT molecular complexity index is 320. The number of aromatic nitrogens is 1. The number of hydrogen-bond acceptors (Lipinski definition) is 3. The van der Waals surface area contributed by atoms with E-state index in [9.17, 15) is 4.79 Å². The second kappa shape index (κ2) is 4.79. The predicted octanol–water partition coefficient (Wildman–Crippen LogP) is 0.301. The van der Waals surface area contributed by atoms with Gasteiger partial charge in [0.25, 0.3) is 5.56 Å². The minimum absolute atomic E-state index is 0.0709. The van der Waals surface area contributed by atoms with E-state index in [0.29, 0.717) is 18.9 Å². The highest BCUT2D eigenvalue weighted by Crippen LogP contribution is 1.90. The Balaban J connectivity index is 2.88. The van der Waals surface area contributed by atoms with Crippen LogP contribution in [0.3, 0.4) is 0 Å². The average Bonchev–Trinajstić information content (AvgIpc) is 2.16. The van der Waals surface area contributed by atoms with Gasteiger partial charge in [0.15, 0.2) is 0 Å². The molecular weight excluding hydrogens is 168 g/mol. The lowest BCUT2D eigenvalue weighted by Crippen LogP contribution is -2.25. The maximum Gasteiger partial charge on any atom is 0.256 e. The minimum Gasteiger partial charge on any atom is -0.361 e. The zero-order valence-corrected chi connectivity index (χ0v) is 7.69. The number of nitrogens with zero attached hydrogens (tertiary/aromatic N) is 1. The van der Waals surface area contributed by atoms with Crippen molar-refractivity contribution in [2.75, 3.05) is 6.61 Å². The number of hydrogen-bond donors (Lipinski definition) is 1. The fourth-order valence-electron chi connectivity index (χ4n) is 1.03. The van der Waals surface area contributed by atoms with Gasteiger partial charge in [-0.05, 0) is 13.0 Å². The Labute approximate surface area is 76.9 Å². The molecular formula is C9H14N2O2. The van der Waals surface area contributed by atoms with E-state index in [4.69, 9.17) is 10.5 Å². The second-order valence-corrected chi connectivity index (χ2v) is 2.63. The number of nitrogens with two attached hydrogens (primary N) is 1. The monoisotopic (exact) mass is 182 g/mol. The van der Waals surface area contributed by atoms with Gasteiger partial charge in [-0.3, -0.25) is 9.36 Å². The molecule has 0 fully saturated rings. The van der Waals surface area contributed by atoms with Crippen molar-refractivity contribution in [3.05, 3.63) is 34.2 Å². The van der Waals surface area contributed by atoms with Gasteiger partial charge in [-0.25, -0.2) is 0 Å². The summed E-state index contributed by atoms with van der Waals surface area (Å²) in [6, 6.07) is 3.52. The molecule has 0 radical (unpaired) electrons. The zero-order valence-electron chi connectivity index (χ0n) is 7.69. The fourth-order valence-corrected chi connectivity index (χ4v) is 1.03. The van der Waals surface area contributed by atoms with Gasteiger partial charge >= 0.3 is 0 Å². The van der Waals surface area contributed by atoms with Gasteiger partial charge in [-0.2, -0.15) is 0 Å². The fraction of sp³-hybridized carbons (Fsp3) is 0.444. The molecule has 0 saturated heterocycles. The first kappa shape index (κ1) is 9.95. The molecule has 0 aliphatic carbocycles. The van der Waals surface area contributed by atoms with Crippen LogP contribution in [0.25, 0.3) is 0 Å². The molecule has 0 bridgehead atoms. The number of pyridine rings is 1. The van der Waals surface area contributed by atoms with Crippen molar-refractivity contribution in [3.63, 3.8) is 0 Å². The Morgan fingerprint density at radius 3 is 3.00 bits per heavy atom. The van der Waals surface area contributed by atoms with E-state index in [0.717, 1.165) is 0 Å². The normalized spacial score (nSPS) is 10.3. The summed E-state index contributed by atoms with van der Waals surface area (Å²) in [7, 11) is 0. The van der Waals surface area contributed by atoms with Crippen LogP contribution in [0, 0.1) is 0 Å². The predicted molar refractivity (Wildman–Crippen MR) is 50.2 cm³/mol. The summed E-state index contributed by atoms with van der Waals surface area (Å²) in [5, 5.41) is 0. The molecule has 0 atom stereocenters. The molecule has 72 valence electrons. The molecule has 4 heteroatoms. The smallest absolute Gasteiger partial charge is 0.256 e. The van der Waals surface area contributed by atoms with Crippen molar-refractivity contribution in [1.29, 1.82) is 0 Å². The Morgan fingerprint density at radius 2 is 2.38 bits per heavy atom. The summed E-state index contributed by atoms with van der Waals surface area (Å²) in [6.45, 7) is 3.05. The van der Waals surface area contributed by atoms with E-state index in [1.165, 1.54) is 4.57 Å². The molecule has 0 amide bonds. The van der Waals surface area contributed by atoms with E-state index in [-0.39, 0.29) is 12.1 Å². The maximum absolute atomic E-state index is 11.5. The van der Waals surface area contributed by atoms with E-state index in [1.54, 1.807) is 18.3 Å². The van der Waals surface area contributed by atoms with Crippen LogP contribution in [0.4, 0.5) is 0 Å². The summed E-state index contributed by atoms with van der Waals surface area (Å²) >= 11 is 0. The Hall–Kier alpha value is -1.13. The van der Waals surface area contributed by atoms with E-state index < -0.39 is 0 Å². The standard InChI is InChI=1S/C9H14N2O2/c1-2-13-7-11-5-3-4-8(6-10)9(11)12/h3-5H,2,6-7,10H2,1H3. The molecule has 4 nitrogen and oxygen atoms in total. The third-order valence-electron chi connectivity index (χ3n) is 1.75. The van der Waals surface area contributed by atoms with Gasteiger partial charge in [-0.15, -0.1) is 0 Å². The van der Waals surface area contributed by atoms with Crippen molar-refractivity contribution >= 4 is 0 Å². The van der Waals surface area contributed by atoms with Gasteiger partial charge in [0, 0.05) is 24.9 Å². The van der Waals surface area contributed by atoms with Gasteiger partial charge in [0.1, 0.15) is 6.73 Å². The van der Waals surface area contributed by atoms with E-state index >= 15 is 0 Å². The Kier molecular flexibility index (Phi) is 3.67. The average molecular weight is 182 g/mol. The lowest BCUT2D eigenvalue weighted by atomic mass is 10.3. The van der Waals surface area contributed by atoms with Crippen molar-refractivity contribution in [3.8, 4) is 0 Å². The molecule has 0 unspecified atom stereocenters. The molecule has 2 N–H and O–H groups in total. The molecule has 0 saturated carbocycles. The first-order chi connectivity index (χ1) is 6.29. The highest BCUT2D eigenvalue weighted by atomic mass is 16.5. The van der Waals surface area contributed by atoms with Gasteiger partial charge in [0.05, 0.1) is 0 Å². The first-order valence-electron chi connectivity index (χ1n) is 4.25. The largest absolute Gasteiger partial charge is 0.361 e. The molecule has 1 heterocycles. The molecule has 1 rings (SSSR count). The van der Waals surface area contributed by atoms with Crippen LogP contribution in [-0.2, 0) is 18.0 Å². The molecule has 0 aliphatic heterocycles. The lowest BCUT2D eigenvalue weighted by Gasteiger charge is -2.06. The summed E-state index contributed by atoms with van der Waals surface area (Å²) in [5.41, 5.74) is 5.94. The maximum atomic E-state index is 11.5. The van der Waals surface area contributed by atoms with Crippen LogP contribution in [0.2, 0.25) is 0 Å². The quantitative estimate of drug-likeness (QED) is 0.728. The first-order valence-corrected chi connectivity index (χ1v) is 4.25. The van der Waals surface area contributed by atoms with Crippen LogP contribution >= 0.6 is 0 Å².